The lowest BCUT2D eigenvalue weighted by Crippen LogP contribution is -2.57. The van der Waals surface area contributed by atoms with Crippen molar-refractivity contribution in [2.24, 2.45) is 5.92 Å². The second kappa shape index (κ2) is 10.4. The molecule has 0 bridgehead atoms. The van der Waals surface area contributed by atoms with Crippen LogP contribution in [-0.4, -0.2) is 64.9 Å². The lowest BCUT2D eigenvalue weighted by Gasteiger charge is -2.43. The molecule has 8 heteroatoms. The van der Waals surface area contributed by atoms with Crippen LogP contribution in [0.4, 0.5) is 4.39 Å². The van der Waals surface area contributed by atoms with Gasteiger partial charge in [0.2, 0.25) is 11.8 Å². The van der Waals surface area contributed by atoms with Crippen LogP contribution in [0.5, 0.6) is 5.75 Å². The molecule has 0 spiro atoms. The highest BCUT2D eigenvalue weighted by molar-refractivity contribution is 5.96. The second-order valence-electron chi connectivity index (χ2n) is 9.72. The molecule has 4 unspecified atom stereocenters. The number of amides is 2. The summed E-state index contributed by atoms with van der Waals surface area (Å²) in [4.78, 5) is 28.4. The van der Waals surface area contributed by atoms with Crippen LogP contribution >= 0.6 is 0 Å². The summed E-state index contributed by atoms with van der Waals surface area (Å²) in [6.45, 7) is 0.159. The van der Waals surface area contributed by atoms with E-state index in [0.29, 0.717) is 17.7 Å². The van der Waals surface area contributed by atoms with Crippen molar-refractivity contribution in [3.05, 3.63) is 77.1 Å². The topological polar surface area (TPSA) is 99.1 Å². The van der Waals surface area contributed by atoms with Crippen LogP contribution in [0, 0.1) is 11.7 Å². The molecule has 1 aliphatic heterocycles. The van der Waals surface area contributed by atoms with E-state index in [4.69, 9.17) is 4.74 Å². The van der Waals surface area contributed by atoms with Gasteiger partial charge in [0, 0.05) is 30.1 Å². The van der Waals surface area contributed by atoms with Gasteiger partial charge in [0.25, 0.3) is 0 Å². The third kappa shape index (κ3) is 4.63. The van der Waals surface area contributed by atoms with E-state index in [2.05, 4.69) is 5.32 Å². The third-order valence-corrected chi connectivity index (χ3v) is 7.50. The van der Waals surface area contributed by atoms with Crippen molar-refractivity contribution in [2.45, 2.75) is 49.9 Å². The number of fused-ring (bicyclic) bond motifs is 3. The number of ether oxygens (including phenoxy) is 1. The number of para-hydroxylation sites is 1. The van der Waals surface area contributed by atoms with Gasteiger partial charge >= 0.3 is 0 Å². The Morgan fingerprint density at radius 3 is 2.67 bits per heavy atom. The van der Waals surface area contributed by atoms with Gasteiger partial charge in [-0.05, 0) is 49.1 Å². The Kier molecular flexibility index (Phi) is 7.07. The maximum Gasteiger partial charge on any atom is 0.247 e. The van der Waals surface area contributed by atoms with E-state index in [-0.39, 0.29) is 43.2 Å². The molecule has 36 heavy (non-hydrogen) atoms. The lowest BCUT2D eigenvalue weighted by atomic mass is 9.76. The molecule has 1 fully saturated rings. The number of rotatable bonds is 8. The number of benzene rings is 2. The Morgan fingerprint density at radius 2 is 1.94 bits per heavy atom. The monoisotopic (exact) mass is 494 g/mol. The molecule has 2 aromatic rings. The van der Waals surface area contributed by atoms with Gasteiger partial charge in [-0.3, -0.25) is 9.59 Å². The minimum absolute atomic E-state index is 0.0676. The standard InChI is InChI=1S/C28H31FN2O5/c29-19-8-3-5-17(15-19)11-13-31(28(35)18-6-4-7-18)22-16-21(27(34)30-12-14-32)24-20-9-1-2-10-23(20)36-26(24)25(22)33/h1-3,5,8-10,15-16,18,22,24-26,32-33H,4,6-7,11-14H2,(H,30,34). The molecule has 190 valence electrons. The fourth-order valence-electron chi connectivity index (χ4n) is 5.43. The summed E-state index contributed by atoms with van der Waals surface area (Å²) >= 11 is 0. The molecular weight excluding hydrogens is 463 g/mol. The molecule has 1 heterocycles. The normalized spacial score (nSPS) is 24.6. The van der Waals surface area contributed by atoms with E-state index in [1.165, 1.54) is 12.1 Å². The average molecular weight is 495 g/mol. The van der Waals surface area contributed by atoms with E-state index in [0.717, 1.165) is 30.4 Å². The Morgan fingerprint density at radius 1 is 1.14 bits per heavy atom. The summed E-state index contributed by atoms with van der Waals surface area (Å²) in [6, 6.07) is 12.9. The molecule has 0 radical (unpaired) electrons. The van der Waals surface area contributed by atoms with Crippen LogP contribution in [0.25, 0.3) is 0 Å². The molecule has 7 nitrogen and oxygen atoms in total. The Labute approximate surface area is 209 Å². The number of aliphatic hydroxyl groups is 2. The number of hydrogen-bond acceptors (Lipinski definition) is 5. The molecule has 2 aliphatic carbocycles. The van der Waals surface area contributed by atoms with Crippen molar-refractivity contribution < 1.29 is 28.9 Å². The van der Waals surface area contributed by atoms with E-state index in [9.17, 15) is 24.2 Å². The summed E-state index contributed by atoms with van der Waals surface area (Å²) in [5.41, 5.74) is 1.96. The van der Waals surface area contributed by atoms with Crippen LogP contribution in [0.15, 0.2) is 60.2 Å². The fourth-order valence-corrected chi connectivity index (χ4v) is 5.43. The number of nitrogens with zero attached hydrogens (tertiary/aromatic N) is 1. The number of aliphatic hydroxyl groups excluding tert-OH is 2. The molecule has 5 rings (SSSR count). The predicted molar refractivity (Wildman–Crippen MR) is 131 cm³/mol. The Balaban J connectivity index is 1.50. The zero-order chi connectivity index (χ0) is 25.2. The van der Waals surface area contributed by atoms with Gasteiger partial charge in [-0.15, -0.1) is 0 Å². The molecule has 2 amide bonds. The summed E-state index contributed by atoms with van der Waals surface area (Å²) < 4.78 is 19.9. The lowest BCUT2D eigenvalue weighted by molar-refractivity contribution is -0.144. The highest BCUT2D eigenvalue weighted by Gasteiger charge is 2.50. The quantitative estimate of drug-likeness (QED) is 0.523. The number of hydrogen-bond donors (Lipinski definition) is 3. The number of carbonyl (C=O) groups is 2. The Hall–Kier alpha value is -3.23. The van der Waals surface area contributed by atoms with Crippen LogP contribution in [0.2, 0.25) is 0 Å². The first-order chi connectivity index (χ1) is 17.5. The molecule has 2 aromatic carbocycles. The summed E-state index contributed by atoms with van der Waals surface area (Å²) in [7, 11) is 0. The van der Waals surface area contributed by atoms with Gasteiger partial charge in [-0.25, -0.2) is 4.39 Å². The van der Waals surface area contributed by atoms with Crippen LogP contribution in [0.3, 0.4) is 0 Å². The highest BCUT2D eigenvalue weighted by atomic mass is 19.1. The summed E-state index contributed by atoms with van der Waals surface area (Å²) in [5.74, 6) is -0.784. The zero-order valence-corrected chi connectivity index (χ0v) is 20.0. The fraction of sp³-hybridized carbons (Fsp3) is 0.429. The Bertz CT molecular complexity index is 1160. The van der Waals surface area contributed by atoms with Crippen molar-refractivity contribution in [3.63, 3.8) is 0 Å². The summed E-state index contributed by atoms with van der Waals surface area (Å²) in [6.07, 6.45) is 2.86. The largest absolute Gasteiger partial charge is 0.486 e. The smallest absolute Gasteiger partial charge is 0.247 e. The minimum Gasteiger partial charge on any atom is -0.486 e. The first kappa shape index (κ1) is 24.5. The van der Waals surface area contributed by atoms with Crippen molar-refractivity contribution in [2.75, 3.05) is 19.7 Å². The van der Waals surface area contributed by atoms with Crippen molar-refractivity contribution in [3.8, 4) is 5.75 Å². The third-order valence-electron chi connectivity index (χ3n) is 7.50. The molecule has 1 saturated carbocycles. The first-order valence-corrected chi connectivity index (χ1v) is 12.6. The van der Waals surface area contributed by atoms with E-state index in [1.54, 1.807) is 23.1 Å². The molecule has 3 aliphatic rings. The maximum absolute atomic E-state index is 13.8. The van der Waals surface area contributed by atoms with Gasteiger partial charge < -0.3 is 25.2 Å². The van der Waals surface area contributed by atoms with Gasteiger partial charge in [0.15, 0.2) is 0 Å². The molecule has 0 saturated heterocycles. The highest BCUT2D eigenvalue weighted by Crippen LogP contribution is 2.47. The zero-order valence-electron chi connectivity index (χ0n) is 20.0. The van der Waals surface area contributed by atoms with Gasteiger partial charge in [-0.2, -0.15) is 0 Å². The molecule has 3 N–H and O–H groups in total. The van der Waals surface area contributed by atoms with Crippen molar-refractivity contribution in [1.29, 1.82) is 0 Å². The minimum atomic E-state index is -1.06. The SMILES string of the molecule is O=C(NCCO)C1=CC(N(CCc2cccc(F)c2)C(=O)C2CCC2)C(O)C2Oc3ccccc3C12. The van der Waals surface area contributed by atoms with Crippen LogP contribution in [0.1, 0.15) is 36.3 Å². The van der Waals surface area contributed by atoms with Gasteiger partial charge in [-0.1, -0.05) is 36.8 Å². The second-order valence-corrected chi connectivity index (χ2v) is 9.72. The number of carbonyl (C=O) groups excluding carboxylic acids is 2. The average Bonchev–Trinajstić information content (AvgIpc) is 3.23. The summed E-state index contributed by atoms with van der Waals surface area (Å²) in [5, 5.41) is 23.5. The number of nitrogens with one attached hydrogen (secondary N) is 1. The number of halogens is 1. The van der Waals surface area contributed by atoms with Crippen LogP contribution < -0.4 is 10.1 Å². The van der Waals surface area contributed by atoms with Crippen LogP contribution in [-0.2, 0) is 16.0 Å². The van der Waals surface area contributed by atoms with Gasteiger partial charge in [0.1, 0.15) is 23.8 Å². The predicted octanol–water partition coefficient (Wildman–Crippen LogP) is 2.32. The van der Waals surface area contributed by atoms with Crippen molar-refractivity contribution in [1.82, 2.24) is 10.2 Å². The molecule has 4 atom stereocenters. The molecular formula is C28H31FN2O5. The first-order valence-electron chi connectivity index (χ1n) is 12.6. The maximum atomic E-state index is 13.8. The van der Waals surface area contributed by atoms with E-state index < -0.39 is 24.2 Å². The van der Waals surface area contributed by atoms with E-state index in [1.807, 2.05) is 24.3 Å². The molecule has 0 aromatic heterocycles. The van der Waals surface area contributed by atoms with Crippen molar-refractivity contribution >= 4 is 11.8 Å². The van der Waals surface area contributed by atoms with Gasteiger partial charge in [0.05, 0.1) is 18.6 Å². The van der Waals surface area contributed by atoms with E-state index >= 15 is 0 Å².